The number of aromatic nitrogens is 4. The van der Waals surface area contributed by atoms with Gasteiger partial charge in [0.2, 0.25) is 11.8 Å². The van der Waals surface area contributed by atoms with Crippen LogP contribution in [0, 0.1) is 5.41 Å². The van der Waals surface area contributed by atoms with Crippen molar-refractivity contribution in [1.29, 1.82) is 0 Å². The molecule has 3 aromatic rings. The van der Waals surface area contributed by atoms with E-state index in [-0.39, 0.29) is 23.0 Å². The molecule has 0 spiro atoms. The minimum absolute atomic E-state index is 0.158. The zero-order chi connectivity index (χ0) is 21.3. The normalized spacial score (nSPS) is 14.8. The van der Waals surface area contributed by atoms with Gasteiger partial charge in [-0.15, -0.1) is 10.2 Å². The number of nitrogens with zero attached hydrogens (tertiary/aromatic N) is 6. The van der Waals surface area contributed by atoms with Gasteiger partial charge in [0, 0.05) is 37.2 Å². The van der Waals surface area contributed by atoms with Gasteiger partial charge in [-0.25, -0.2) is 9.97 Å². The number of anilines is 2. The van der Waals surface area contributed by atoms with Crippen LogP contribution >= 0.6 is 0 Å². The average molecular weight is 407 g/mol. The lowest BCUT2D eigenvalue weighted by Gasteiger charge is -2.38. The van der Waals surface area contributed by atoms with E-state index < -0.39 is 0 Å². The second kappa shape index (κ2) is 7.74. The summed E-state index contributed by atoms with van der Waals surface area (Å²) in [6, 6.07) is 9.50. The van der Waals surface area contributed by atoms with Crippen LogP contribution < -0.4 is 10.6 Å². The number of rotatable bonds is 3. The molecule has 0 radical (unpaired) electrons. The highest BCUT2D eigenvalue weighted by atomic mass is 16.4. The summed E-state index contributed by atoms with van der Waals surface area (Å²) in [6.07, 6.45) is 1.63. The summed E-state index contributed by atoms with van der Waals surface area (Å²) in [5.74, 6) is 1.67. The molecule has 0 bridgehead atoms. The van der Waals surface area contributed by atoms with Crippen LogP contribution in [0.2, 0.25) is 0 Å². The summed E-state index contributed by atoms with van der Waals surface area (Å²) in [5.41, 5.74) is 6.83. The van der Waals surface area contributed by atoms with Crippen LogP contribution in [0.5, 0.6) is 0 Å². The van der Waals surface area contributed by atoms with Crippen LogP contribution in [0.4, 0.5) is 11.6 Å². The highest BCUT2D eigenvalue weighted by molar-refractivity contribution is 5.81. The molecule has 1 fully saturated rings. The second-order valence-corrected chi connectivity index (χ2v) is 8.27. The zero-order valence-electron chi connectivity index (χ0n) is 17.4. The minimum Gasteiger partial charge on any atom is -0.414 e. The fourth-order valence-electron chi connectivity index (χ4n) is 3.33. The van der Waals surface area contributed by atoms with Crippen LogP contribution in [-0.4, -0.2) is 57.2 Å². The Balaban J connectivity index is 1.52. The Morgan fingerprint density at radius 2 is 1.70 bits per heavy atom. The van der Waals surface area contributed by atoms with Crippen molar-refractivity contribution in [1.82, 2.24) is 25.1 Å². The number of nitrogens with two attached hydrogens (primary N) is 1. The Hall–Kier alpha value is -3.49. The number of piperazine rings is 1. The smallest absolute Gasteiger partial charge is 0.270 e. The highest BCUT2D eigenvalue weighted by Crippen LogP contribution is 2.27. The van der Waals surface area contributed by atoms with Crippen LogP contribution in [0.25, 0.3) is 23.0 Å². The standard InChI is InChI=1S/C21H25N7O2/c1-21(2,3)20(29)28-11-9-27(10-12-28)15-13-23-17(22)16(24-15)19-26-25-18(30-19)14-7-5-4-6-8-14/h4-8,13H,9-12H2,1-3H3,(H2,22,23). The van der Waals surface area contributed by atoms with Crippen LogP contribution in [0.1, 0.15) is 20.8 Å². The van der Waals surface area contributed by atoms with Crippen molar-refractivity contribution in [2.24, 2.45) is 5.41 Å². The predicted molar refractivity (Wildman–Crippen MR) is 113 cm³/mol. The summed E-state index contributed by atoms with van der Waals surface area (Å²) < 4.78 is 5.79. The molecule has 3 heterocycles. The molecule has 0 aliphatic carbocycles. The minimum atomic E-state index is -0.384. The fraction of sp³-hybridized carbons (Fsp3) is 0.381. The van der Waals surface area contributed by atoms with Gasteiger partial charge >= 0.3 is 0 Å². The first-order valence-electron chi connectivity index (χ1n) is 9.89. The van der Waals surface area contributed by atoms with Gasteiger partial charge in [0.25, 0.3) is 5.89 Å². The summed E-state index contributed by atoms with van der Waals surface area (Å²) in [6.45, 7) is 8.42. The van der Waals surface area contributed by atoms with Crippen molar-refractivity contribution in [3.63, 3.8) is 0 Å². The summed E-state index contributed by atoms with van der Waals surface area (Å²) in [7, 11) is 0. The summed E-state index contributed by atoms with van der Waals surface area (Å²) in [5, 5.41) is 8.20. The molecule has 9 nitrogen and oxygen atoms in total. The quantitative estimate of drug-likeness (QED) is 0.704. The topological polar surface area (TPSA) is 114 Å². The number of hydrogen-bond donors (Lipinski definition) is 1. The van der Waals surface area contributed by atoms with Crippen molar-refractivity contribution in [3.8, 4) is 23.0 Å². The van der Waals surface area contributed by atoms with E-state index in [9.17, 15) is 4.79 Å². The summed E-state index contributed by atoms with van der Waals surface area (Å²) in [4.78, 5) is 25.4. The number of carbonyl (C=O) groups is 1. The van der Waals surface area contributed by atoms with Gasteiger partial charge in [-0.1, -0.05) is 39.0 Å². The third kappa shape index (κ3) is 3.96. The van der Waals surface area contributed by atoms with Crippen molar-refractivity contribution < 1.29 is 9.21 Å². The first-order valence-corrected chi connectivity index (χ1v) is 9.89. The van der Waals surface area contributed by atoms with E-state index in [1.807, 2.05) is 56.0 Å². The molecule has 2 aromatic heterocycles. The first kappa shape index (κ1) is 19.8. The Bertz CT molecular complexity index is 1040. The first-order chi connectivity index (χ1) is 14.3. The summed E-state index contributed by atoms with van der Waals surface area (Å²) >= 11 is 0. The number of amides is 1. The van der Waals surface area contributed by atoms with E-state index in [1.165, 1.54) is 0 Å². The highest BCUT2D eigenvalue weighted by Gasteiger charge is 2.30. The number of nitrogen functional groups attached to an aromatic ring is 1. The maximum atomic E-state index is 12.5. The molecule has 4 rings (SSSR count). The second-order valence-electron chi connectivity index (χ2n) is 8.27. The predicted octanol–water partition coefficient (Wildman–Crippen LogP) is 2.47. The van der Waals surface area contributed by atoms with Crippen LogP contribution in [0.15, 0.2) is 40.9 Å². The van der Waals surface area contributed by atoms with Crippen LogP contribution in [0.3, 0.4) is 0 Å². The van der Waals surface area contributed by atoms with Crippen LogP contribution in [-0.2, 0) is 4.79 Å². The SMILES string of the molecule is CC(C)(C)C(=O)N1CCN(c2cnc(N)c(-c3nnc(-c4ccccc4)o3)n2)CC1. The number of hydrogen-bond acceptors (Lipinski definition) is 8. The largest absolute Gasteiger partial charge is 0.414 e. The molecule has 0 atom stereocenters. The Labute approximate surface area is 174 Å². The van der Waals surface area contributed by atoms with E-state index in [0.29, 0.717) is 43.6 Å². The lowest BCUT2D eigenvalue weighted by Crippen LogP contribution is -2.51. The van der Waals surface area contributed by atoms with Gasteiger partial charge in [0.05, 0.1) is 6.20 Å². The molecule has 1 saturated heterocycles. The molecule has 1 aliphatic rings. The van der Waals surface area contributed by atoms with Crippen molar-refractivity contribution in [2.45, 2.75) is 20.8 Å². The average Bonchev–Trinajstić information content (AvgIpc) is 3.24. The molecule has 2 N–H and O–H groups in total. The number of carbonyl (C=O) groups excluding carboxylic acids is 1. The molecule has 0 unspecified atom stereocenters. The lowest BCUT2D eigenvalue weighted by molar-refractivity contribution is -0.139. The van der Waals surface area contributed by atoms with Gasteiger partial charge in [0.15, 0.2) is 11.5 Å². The van der Waals surface area contributed by atoms with E-state index in [4.69, 9.17) is 10.2 Å². The van der Waals surface area contributed by atoms with Crippen molar-refractivity contribution in [2.75, 3.05) is 36.8 Å². The molecule has 9 heteroatoms. The molecular formula is C21H25N7O2. The van der Waals surface area contributed by atoms with E-state index in [2.05, 4.69) is 25.1 Å². The Kier molecular flexibility index (Phi) is 5.11. The Morgan fingerprint density at radius 1 is 1.03 bits per heavy atom. The molecule has 0 saturated carbocycles. The fourth-order valence-corrected chi connectivity index (χ4v) is 3.33. The number of benzene rings is 1. The molecule has 156 valence electrons. The molecular weight excluding hydrogens is 382 g/mol. The van der Waals surface area contributed by atoms with Crippen molar-refractivity contribution in [3.05, 3.63) is 36.5 Å². The van der Waals surface area contributed by atoms with Gasteiger partial charge in [-0.2, -0.15) is 0 Å². The Morgan fingerprint density at radius 3 is 2.37 bits per heavy atom. The van der Waals surface area contributed by atoms with Gasteiger partial charge in [-0.3, -0.25) is 4.79 Å². The van der Waals surface area contributed by atoms with E-state index in [0.717, 1.165) is 5.56 Å². The maximum absolute atomic E-state index is 12.5. The van der Waals surface area contributed by atoms with E-state index in [1.54, 1.807) is 6.20 Å². The third-order valence-electron chi connectivity index (χ3n) is 4.97. The maximum Gasteiger partial charge on any atom is 0.270 e. The lowest BCUT2D eigenvalue weighted by atomic mass is 9.94. The van der Waals surface area contributed by atoms with Gasteiger partial charge < -0.3 is 20.0 Å². The third-order valence-corrected chi connectivity index (χ3v) is 4.97. The molecule has 1 aromatic carbocycles. The molecule has 1 amide bonds. The van der Waals surface area contributed by atoms with Crippen molar-refractivity contribution >= 4 is 17.5 Å². The van der Waals surface area contributed by atoms with Gasteiger partial charge in [0.1, 0.15) is 5.82 Å². The molecule has 30 heavy (non-hydrogen) atoms. The van der Waals surface area contributed by atoms with E-state index >= 15 is 0 Å². The zero-order valence-corrected chi connectivity index (χ0v) is 17.4. The monoisotopic (exact) mass is 407 g/mol. The molecule has 1 aliphatic heterocycles. The van der Waals surface area contributed by atoms with Gasteiger partial charge in [-0.05, 0) is 12.1 Å².